The van der Waals surface area contributed by atoms with Gasteiger partial charge in [-0.15, -0.1) is 0 Å². The fourth-order valence-corrected chi connectivity index (χ4v) is 5.77. The molecule has 0 N–H and O–H groups in total. The maximum atomic E-state index is 12.3. The van der Waals surface area contributed by atoms with Crippen molar-refractivity contribution in [2.75, 3.05) is 6.61 Å². The quantitative estimate of drug-likeness (QED) is 0.207. The summed E-state index contributed by atoms with van der Waals surface area (Å²) in [7, 11) is 0. The number of hydrogen-bond donors (Lipinski definition) is 0. The molecule has 2 aromatic carbocycles. The van der Waals surface area contributed by atoms with Crippen LogP contribution >= 0.6 is 15.9 Å². The van der Waals surface area contributed by atoms with Crippen LogP contribution in [0.2, 0.25) is 0 Å². The van der Waals surface area contributed by atoms with Gasteiger partial charge in [-0.2, -0.15) is 0 Å². The highest BCUT2D eigenvalue weighted by Crippen LogP contribution is 2.36. The van der Waals surface area contributed by atoms with Gasteiger partial charge in [0.1, 0.15) is 11.3 Å². The molecule has 0 atom stereocenters. The highest BCUT2D eigenvalue weighted by atomic mass is 79.9. The average molecular weight is 555 g/mol. The molecule has 3 heterocycles. The summed E-state index contributed by atoms with van der Waals surface area (Å²) in [6.45, 7) is 2.13. The van der Waals surface area contributed by atoms with Gasteiger partial charge in [0, 0.05) is 33.2 Å². The van der Waals surface area contributed by atoms with Crippen molar-refractivity contribution in [2.45, 2.75) is 45.1 Å². The lowest BCUT2D eigenvalue weighted by molar-refractivity contribution is 0.0526. The molecule has 7 heteroatoms. The van der Waals surface area contributed by atoms with Crippen molar-refractivity contribution in [3.8, 4) is 22.6 Å². The van der Waals surface area contributed by atoms with Crippen molar-refractivity contribution >= 4 is 44.0 Å². The summed E-state index contributed by atoms with van der Waals surface area (Å²) in [6.07, 6.45) is 7.47. The van der Waals surface area contributed by atoms with E-state index in [1.54, 1.807) is 19.2 Å². The lowest BCUT2D eigenvalue weighted by atomic mass is 9.95. The molecule has 0 bridgehead atoms. The van der Waals surface area contributed by atoms with E-state index in [2.05, 4.69) is 56.9 Å². The zero-order chi connectivity index (χ0) is 25.4. The van der Waals surface area contributed by atoms with Crippen LogP contribution in [-0.2, 0) is 4.74 Å². The molecule has 6 nitrogen and oxygen atoms in total. The number of carbonyl (C=O) groups is 1. The second-order valence-electron chi connectivity index (χ2n) is 9.47. The van der Waals surface area contributed by atoms with Crippen LogP contribution in [0.25, 0.3) is 44.7 Å². The van der Waals surface area contributed by atoms with E-state index in [1.165, 1.54) is 19.3 Å². The van der Waals surface area contributed by atoms with Crippen LogP contribution < -0.4 is 0 Å². The summed E-state index contributed by atoms with van der Waals surface area (Å²) in [5, 5.41) is 1.05. The smallest absolute Gasteiger partial charge is 0.339 e. The second kappa shape index (κ2) is 10.1. The zero-order valence-corrected chi connectivity index (χ0v) is 22.2. The van der Waals surface area contributed by atoms with Gasteiger partial charge >= 0.3 is 5.97 Å². The number of hydrogen-bond acceptors (Lipinski definition) is 5. The number of halogens is 1. The standard InChI is InChI=1S/C30H27BrN4O2/c1-2-37-30(36)21-17-27-29(32-18-21)35(22-8-4-3-5-9-22)28(34-27)20-13-14-25-19(16-20)12-15-26(33-25)23-10-6-7-11-24(23)31/h6-7,10-18,22H,2-5,8-9H2,1H3. The SMILES string of the molecule is CCOC(=O)c1cnc2c(c1)nc(-c1ccc3nc(-c4ccccc4Br)ccc3c1)n2C1CCCCC1. The van der Waals surface area contributed by atoms with E-state index in [9.17, 15) is 4.79 Å². The van der Waals surface area contributed by atoms with E-state index in [-0.39, 0.29) is 5.97 Å². The van der Waals surface area contributed by atoms with E-state index >= 15 is 0 Å². The summed E-state index contributed by atoms with van der Waals surface area (Å²) in [6, 6.07) is 20.7. The molecule has 0 saturated heterocycles. The molecule has 6 rings (SSSR count). The number of fused-ring (bicyclic) bond motifs is 2. The Balaban J connectivity index is 1.46. The largest absolute Gasteiger partial charge is 0.462 e. The highest BCUT2D eigenvalue weighted by Gasteiger charge is 2.24. The van der Waals surface area contributed by atoms with E-state index in [0.717, 1.165) is 56.5 Å². The lowest BCUT2D eigenvalue weighted by Crippen LogP contribution is -2.14. The molecule has 37 heavy (non-hydrogen) atoms. The topological polar surface area (TPSA) is 69.9 Å². The van der Waals surface area contributed by atoms with Crippen LogP contribution in [0.4, 0.5) is 0 Å². The Labute approximate surface area is 223 Å². The predicted octanol–water partition coefficient (Wildman–Crippen LogP) is 7.76. The maximum absolute atomic E-state index is 12.3. The number of pyridine rings is 2. The molecule has 0 unspecified atom stereocenters. The Kier molecular flexibility index (Phi) is 6.47. The third-order valence-electron chi connectivity index (χ3n) is 7.08. The number of ether oxygens (including phenoxy) is 1. The first kappa shape index (κ1) is 23.8. The lowest BCUT2D eigenvalue weighted by Gasteiger charge is -2.25. The first-order chi connectivity index (χ1) is 18.1. The van der Waals surface area contributed by atoms with Crippen LogP contribution in [-0.4, -0.2) is 32.1 Å². The number of esters is 1. The number of imidazole rings is 1. The molecular weight excluding hydrogens is 528 g/mol. The van der Waals surface area contributed by atoms with Crippen molar-refractivity contribution in [2.24, 2.45) is 0 Å². The number of benzene rings is 2. The van der Waals surface area contributed by atoms with Gasteiger partial charge in [-0.1, -0.05) is 59.5 Å². The molecule has 0 aliphatic heterocycles. The first-order valence-corrected chi connectivity index (χ1v) is 13.6. The van der Waals surface area contributed by atoms with E-state index in [4.69, 9.17) is 19.7 Å². The van der Waals surface area contributed by atoms with Crippen molar-refractivity contribution in [3.05, 3.63) is 76.9 Å². The third-order valence-corrected chi connectivity index (χ3v) is 7.77. The number of aromatic nitrogens is 4. The number of nitrogens with zero attached hydrogens (tertiary/aromatic N) is 4. The minimum Gasteiger partial charge on any atom is -0.462 e. The first-order valence-electron chi connectivity index (χ1n) is 12.8. The fraction of sp³-hybridized carbons (Fsp3) is 0.267. The summed E-state index contributed by atoms with van der Waals surface area (Å²) in [5.41, 5.74) is 5.90. The summed E-state index contributed by atoms with van der Waals surface area (Å²) in [4.78, 5) is 27.0. The van der Waals surface area contributed by atoms with E-state index in [0.29, 0.717) is 23.7 Å². The van der Waals surface area contributed by atoms with Gasteiger partial charge < -0.3 is 9.30 Å². The Morgan fingerprint density at radius 1 is 1.00 bits per heavy atom. The van der Waals surface area contributed by atoms with Gasteiger partial charge in [0.15, 0.2) is 5.65 Å². The molecule has 1 saturated carbocycles. The Bertz CT molecular complexity index is 1620. The molecule has 0 spiro atoms. The second-order valence-corrected chi connectivity index (χ2v) is 10.3. The Hall–Kier alpha value is -3.58. The Morgan fingerprint density at radius 3 is 2.65 bits per heavy atom. The van der Waals surface area contributed by atoms with Crippen LogP contribution in [0, 0.1) is 0 Å². The van der Waals surface area contributed by atoms with Gasteiger partial charge in [-0.05, 0) is 56.2 Å². The number of carbonyl (C=O) groups excluding carboxylic acids is 1. The van der Waals surface area contributed by atoms with Gasteiger partial charge in [-0.25, -0.2) is 19.7 Å². The molecule has 186 valence electrons. The van der Waals surface area contributed by atoms with E-state index < -0.39 is 0 Å². The van der Waals surface area contributed by atoms with Crippen molar-refractivity contribution in [1.82, 2.24) is 19.5 Å². The molecule has 1 fully saturated rings. The molecule has 1 aliphatic carbocycles. The summed E-state index contributed by atoms with van der Waals surface area (Å²) < 4.78 is 8.50. The third kappa shape index (κ3) is 4.53. The minimum atomic E-state index is -0.372. The monoisotopic (exact) mass is 554 g/mol. The van der Waals surface area contributed by atoms with Crippen LogP contribution in [0.3, 0.4) is 0 Å². The zero-order valence-electron chi connectivity index (χ0n) is 20.7. The molecular formula is C30H27BrN4O2. The van der Waals surface area contributed by atoms with Crippen molar-refractivity contribution < 1.29 is 9.53 Å². The average Bonchev–Trinajstić information content (AvgIpc) is 3.32. The number of rotatable bonds is 5. The summed E-state index contributed by atoms with van der Waals surface area (Å²) >= 11 is 3.64. The highest BCUT2D eigenvalue weighted by molar-refractivity contribution is 9.10. The fourth-order valence-electron chi connectivity index (χ4n) is 5.28. The van der Waals surface area contributed by atoms with Crippen LogP contribution in [0.5, 0.6) is 0 Å². The summed E-state index contributed by atoms with van der Waals surface area (Å²) in [5.74, 6) is 0.510. The van der Waals surface area contributed by atoms with Gasteiger partial charge in [0.25, 0.3) is 0 Å². The van der Waals surface area contributed by atoms with Crippen molar-refractivity contribution in [1.29, 1.82) is 0 Å². The van der Waals surface area contributed by atoms with Gasteiger partial charge in [0.2, 0.25) is 0 Å². The predicted molar refractivity (Wildman–Crippen MR) is 149 cm³/mol. The van der Waals surface area contributed by atoms with Gasteiger partial charge in [0.05, 0.1) is 23.4 Å². The molecule has 0 radical (unpaired) electrons. The molecule has 5 aromatic rings. The normalized spacial score (nSPS) is 14.3. The van der Waals surface area contributed by atoms with Crippen LogP contribution in [0.15, 0.2) is 71.3 Å². The molecule has 1 aliphatic rings. The minimum absolute atomic E-state index is 0.326. The Morgan fingerprint density at radius 2 is 1.84 bits per heavy atom. The molecule has 0 amide bonds. The van der Waals surface area contributed by atoms with E-state index in [1.807, 2.05) is 18.2 Å². The van der Waals surface area contributed by atoms with Gasteiger partial charge in [-0.3, -0.25) is 0 Å². The van der Waals surface area contributed by atoms with Crippen molar-refractivity contribution in [3.63, 3.8) is 0 Å². The maximum Gasteiger partial charge on any atom is 0.339 e. The molecule has 3 aromatic heterocycles. The van der Waals surface area contributed by atoms with Crippen LogP contribution in [0.1, 0.15) is 55.4 Å².